The van der Waals surface area contributed by atoms with Crippen LogP contribution in [0.15, 0.2) is 66.2 Å². The van der Waals surface area contributed by atoms with Crippen molar-refractivity contribution in [2.75, 3.05) is 18.0 Å². The lowest BCUT2D eigenvalue weighted by Gasteiger charge is -2.33. The molecule has 0 bridgehead atoms. The molecule has 25 heavy (non-hydrogen) atoms. The molecule has 0 spiro atoms. The Morgan fingerprint density at radius 3 is 2.88 bits per heavy atom. The molecule has 3 aromatic rings. The third-order valence-electron chi connectivity index (χ3n) is 4.45. The van der Waals surface area contributed by atoms with Crippen LogP contribution in [0.3, 0.4) is 0 Å². The Morgan fingerprint density at radius 2 is 2.04 bits per heavy atom. The Kier molecular flexibility index (Phi) is 4.97. The Morgan fingerprint density at radius 1 is 1.12 bits per heavy atom. The van der Waals surface area contributed by atoms with Crippen LogP contribution in [0.1, 0.15) is 24.4 Å². The lowest BCUT2D eigenvalue weighted by atomic mass is 10.1. The van der Waals surface area contributed by atoms with E-state index < -0.39 is 0 Å². The number of benzene rings is 1. The van der Waals surface area contributed by atoms with Gasteiger partial charge in [-0.3, -0.25) is 9.67 Å². The molecule has 0 amide bonds. The number of hydrogen-bond acceptors (Lipinski definition) is 5. The highest BCUT2D eigenvalue weighted by Crippen LogP contribution is 2.26. The van der Waals surface area contributed by atoms with Crippen molar-refractivity contribution in [1.82, 2.24) is 19.7 Å². The first-order chi connectivity index (χ1) is 12.4. The van der Waals surface area contributed by atoms with E-state index in [2.05, 4.69) is 43.9 Å². The van der Waals surface area contributed by atoms with E-state index >= 15 is 0 Å². The summed E-state index contributed by atoms with van der Waals surface area (Å²) in [6, 6.07) is 12.9. The molecule has 5 nitrogen and oxygen atoms in total. The number of aromatic nitrogens is 4. The Hall–Kier alpha value is -2.34. The summed E-state index contributed by atoms with van der Waals surface area (Å²) in [6.45, 7) is 1.96. The average Bonchev–Trinajstić information content (AvgIpc) is 3.22. The van der Waals surface area contributed by atoms with Crippen molar-refractivity contribution in [2.45, 2.75) is 29.7 Å². The second-order valence-corrected chi connectivity index (χ2v) is 7.21. The second kappa shape index (κ2) is 7.70. The molecule has 3 heterocycles. The van der Waals surface area contributed by atoms with E-state index in [0.717, 1.165) is 42.5 Å². The van der Waals surface area contributed by atoms with Crippen molar-refractivity contribution in [2.24, 2.45) is 0 Å². The first-order valence-corrected chi connectivity index (χ1v) is 9.60. The van der Waals surface area contributed by atoms with Gasteiger partial charge in [0, 0.05) is 31.2 Å². The minimum Gasteiger partial charge on any atom is -0.353 e. The zero-order valence-electron chi connectivity index (χ0n) is 14.0. The van der Waals surface area contributed by atoms with Crippen molar-refractivity contribution in [1.29, 1.82) is 0 Å². The van der Waals surface area contributed by atoms with Crippen LogP contribution < -0.4 is 4.90 Å². The second-order valence-electron chi connectivity index (χ2n) is 6.22. The molecule has 1 aliphatic rings. The maximum Gasteiger partial charge on any atom is 0.148 e. The van der Waals surface area contributed by atoms with Crippen molar-refractivity contribution < 1.29 is 0 Å². The number of thioether (sulfide) groups is 1. The fraction of sp³-hybridized carbons (Fsp3) is 0.316. The molecular formula is C19H21N5S. The van der Waals surface area contributed by atoms with Crippen molar-refractivity contribution in [3.05, 3.63) is 66.7 Å². The number of piperidine rings is 1. The van der Waals surface area contributed by atoms with E-state index in [-0.39, 0.29) is 0 Å². The Bertz CT molecular complexity index is 791. The van der Waals surface area contributed by atoms with Gasteiger partial charge in [0.05, 0.1) is 18.4 Å². The molecular weight excluding hydrogens is 330 g/mol. The highest BCUT2D eigenvalue weighted by molar-refractivity contribution is 7.98. The van der Waals surface area contributed by atoms with Crippen molar-refractivity contribution in [3.63, 3.8) is 0 Å². The topological polar surface area (TPSA) is 46.8 Å². The van der Waals surface area contributed by atoms with E-state index in [1.54, 1.807) is 11.8 Å². The van der Waals surface area contributed by atoms with Gasteiger partial charge in [-0.2, -0.15) is 5.10 Å². The molecule has 1 saturated heterocycles. The van der Waals surface area contributed by atoms with Gasteiger partial charge in [0.25, 0.3) is 0 Å². The summed E-state index contributed by atoms with van der Waals surface area (Å²) in [5.74, 6) is 1.88. The van der Waals surface area contributed by atoms with E-state index in [0.29, 0.717) is 6.04 Å². The van der Waals surface area contributed by atoms with Crippen LogP contribution in [0.25, 0.3) is 0 Å². The SMILES string of the molecule is c1ccc(CSc2cncc(N3CCCC(n4cccn4)C3)n2)cc1. The largest absolute Gasteiger partial charge is 0.353 e. The normalized spacial score (nSPS) is 17.6. The minimum absolute atomic E-state index is 0.408. The highest BCUT2D eigenvalue weighted by Gasteiger charge is 2.22. The minimum atomic E-state index is 0.408. The van der Waals surface area contributed by atoms with Gasteiger partial charge in [0.15, 0.2) is 0 Å². The standard InChI is InChI=1S/C19H21N5S/c1-2-6-16(7-3-1)15-25-19-13-20-12-18(22-19)23-10-4-8-17(14-23)24-11-5-9-21-24/h1-3,5-7,9,11-13,17H,4,8,10,14-15H2. The van der Waals surface area contributed by atoms with Crippen LogP contribution in [-0.4, -0.2) is 32.8 Å². The maximum atomic E-state index is 4.82. The predicted molar refractivity (Wildman–Crippen MR) is 101 cm³/mol. The Labute approximate surface area is 152 Å². The van der Waals surface area contributed by atoms with E-state index in [1.165, 1.54) is 5.56 Å². The average molecular weight is 351 g/mol. The van der Waals surface area contributed by atoms with Crippen LogP contribution in [-0.2, 0) is 5.75 Å². The molecule has 2 aromatic heterocycles. The summed E-state index contributed by atoms with van der Waals surface area (Å²) in [5.41, 5.74) is 1.30. The first-order valence-electron chi connectivity index (χ1n) is 8.61. The first kappa shape index (κ1) is 16.1. The Balaban J connectivity index is 1.43. The van der Waals surface area contributed by atoms with E-state index in [1.807, 2.05) is 36.9 Å². The van der Waals surface area contributed by atoms with Gasteiger partial charge >= 0.3 is 0 Å². The van der Waals surface area contributed by atoms with Gasteiger partial charge < -0.3 is 4.90 Å². The number of nitrogens with zero attached hydrogens (tertiary/aromatic N) is 5. The molecule has 4 rings (SSSR count). The van der Waals surface area contributed by atoms with Crippen LogP contribution >= 0.6 is 11.8 Å². The summed E-state index contributed by atoms with van der Waals surface area (Å²) in [7, 11) is 0. The van der Waals surface area contributed by atoms with Gasteiger partial charge in [-0.15, -0.1) is 11.8 Å². The predicted octanol–water partition coefficient (Wildman–Crippen LogP) is 3.81. The lowest BCUT2D eigenvalue weighted by Crippen LogP contribution is -2.37. The third kappa shape index (κ3) is 4.02. The molecule has 0 aliphatic carbocycles. The molecule has 1 atom stereocenters. The summed E-state index contributed by atoms with van der Waals surface area (Å²) in [6.07, 6.45) is 9.93. The quantitative estimate of drug-likeness (QED) is 0.654. The molecule has 1 aliphatic heterocycles. The number of rotatable bonds is 5. The van der Waals surface area contributed by atoms with Crippen LogP contribution in [0.2, 0.25) is 0 Å². The fourth-order valence-corrected chi connectivity index (χ4v) is 3.97. The fourth-order valence-electron chi connectivity index (χ4n) is 3.17. The molecule has 0 saturated carbocycles. The van der Waals surface area contributed by atoms with E-state index in [4.69, 9.17) is 4.98 Å². The summed E-state index contributed by atoms with van der Waals surface area (Å²) < 4.78 is 2.06. The molecule has 0 N–H and O–H groups in total. The van der Waals surface area contributed by atoms with Gasteiger partial charge in [-0.05, 0) is 24.5 Å². The third-order valence-corrected chi connectivity index (χ3v) is 5.42. The smallest absolute Gasteiger partial charge is 0.148 e. The molecule has 1 aromatic carbocycles. The molecule has 0 radical (unpaired) electrons. The van der Waals surface area contributed by atoms with Gasteiger partial charge in [-0.25, -0.2) is 4.98 Å². The summed E-state index contributed by atoms with van der Waals surface area (Å²) in [4.78, 5) is 11.6. The van der Waals surface area contributed by atoms with Crippen molar-refractivity contribution in [3.8, 4) is 0 Å². The number of anilines is 1. The molecule has 128 valence electrons. The van der Waals surface area contributed by atoms with Gasteiger partial charge in [0.2, 0.25) is 0 Å². The van der Waals surface area contributed by atoms with Gasteiger partial charge in [-0.1, -0.05) is 30.3 Å². The van der Waals surface area contributed by atoms with Crippen molar-refractivity contribution >= 4 is 17.6 Å². The summed E-state index contributed by atoms with van der Waals surface area (Å²) >= 11 is 1.73. The highest BCUT2D eigenvalue weighted by atomic mass is 32.2. The zero-order chi connectivity index (χ0) is 16.9. The van der Waals surface area contributed by atoms with Crippen LogP contribution in [0.5, 0.6) is 0 Å². The van der Waals surface area contributed by atoms with E-state index in [9.17, 15) is 0 Å². The molecule has 1 unspecified atom stereocenters. The maximum absolute atomic E-state index is 4.82. The molecule has 6 heteroatoms. The monoisotopic (exact) mass is 351 g/mol. The van der Waals surface area contributed by atoms with Crippen LogP contribution in [0.4, 0.5) is 5.82 Å². The lowest BCUT2D eigenvalue weighted by molar-refractivity contribution is 0.374. The molecule has 1 fully saturated rings. The zero-order valence-corrected chi connectivity index (χ0v) is 14.8. The van der Waals surface area contributed by atoms with Crippen LogP contribution in [0, 0.1) is 0 Å². The summed E-state index contributed by atoms with van der Waals surface area (Å²) in [5, 5.41) is 5.37. The van der Waals surface area contributed by atoms with Gasteiger partial charge in [0.1, 0.15) is 10.8 Å². The number of hydrogen-bond donors (Lipinski definition) is 0.